The number of fused-ring (bicyclic) bond motifs is 6. The van der Waals surface area contributed by atoms with Crippen LogP contribution in [0.1, 0.15) is 0 Å². The van der Waals surface area contributed by atoms with Crippen LogP contribution in [0.2, 0.25) is 0 Å². The first-order valence-corrected chi connectivity index (χ1v) is 24.3. The molecule has 69 heavy (non-hydrogen) atoms. The topological polar surface area (TPSA) is 9.86 Å². The van der Waals surface area contributed by atoms with Gasteiger partial charge < -0.3 is 9.13 Å². The molecule has 12 rings (SSSR count). The van der Waals surface area contributed by atoms with Gasteiger partial charge in [0.1, 0.15) is 54.9 Å². The van der Waals surface area contributed by atoms with E-state index in [0.29, 0.717) is 0 Å². The van der Waals surface area contributed by atoms with E-state index in [4.69, 9.17) is 0 Å². The molecule has 0 atom stereocenters. The Bertz CT molecular complexity index is 4010. The molecule has 318 valence electrons. The number of hydrogen-bond acceptors (Lipinski definition) is 0. The summed E-state index contributed by atoms with van der Waals surface area (Å²) in [4.78, 5) is 0. The van der Waals surface area contributed by atoms with Gasteiger partial charge in [0.2, 0.25) is 0 Å². The summed E-state index contributed by atoms with van der Waals surface area (Å²) in [5, 5.41) is 5.20. The van der Waals surface area contributed by atoms with Gasteiger partial charge in [-0.3, -0.25) is 0 Å². The average molecular weight is 872 g/mol. The molecule has 0 radical (unpaired) electrons. The van der Waals surface area contributed by atoms with Crippen LogP contribution in [0.15, 0.2) is 200 Å². The molecular formula is C60H47B7N2. The second-order valence-corrected chi connectivity index (χ2v) is 19.1. The maximum atomic E-state index is 2.57. The molecule has 2 aromatic heterocycles. The van der Waals surface area contributed by atoms with E-state index in [1.54, 1.807) is 0 Å². The first-order valence-electron chi connectivity index (χ1n) is 24.3. The molecule has 9 heteroatoms. The molecule has 0 unspecified atom stereocenters. The molecule has 12 aromatic rings. The summed E-state index contributed by atoms with van der Waals surface area (Å²) in [7, 11) is 16.3. The van der Waals surface area contributed by atoms with Crippen LogP contribution in [-0.4, -0.2) is 64.1 Å². The molecule has 0 fully saturated rings. The molecule has 0 N–H and O–H groups in total. The minimum atomic E-state index is 1.14. The van der Waals surface area contributed by atoms with Crippen LogP contribution in [0.5, 0.6) is 0 Å². The summed E-state index contributed by atoms with van der Waals surface area (Å²) in [6.45, 7) is 0. The quantitative estimate of drug-likeness (QED) is 0.215. The summed E-state index contributed by atoms with van der Waals surface area (Å²) in [6, 6.07) is 73.5. The highest BCUT2D eigenvalue weighted by Gasteiger charge is 2.26. The summed E-state index contributed by atoms with van der Waals surface area (Å²) in [5.41, 5.74) is 28.9. The third kappa shape index (κ3) is 6.81. The third-order valence-corrected chi connectivity index (χ3v) is 15.4. The molecule has 10 aromatic carbocycles. The van der Waals surface area contributed by atoms with Gasteiger partial charge in [-0.1, -0.05) is 184 Å². The largest absolute Gasteiger partial charge is 0.310 e. The van der Waals surface area contributed by atoms with Gasteiger partial charge in [0.15, 0.2) is 0 Å². The Kier molecular flexibility index (Phi) is 10.4. The van der Waals surface area contributed by atoms with Crippen molar-refractivity contribution in [1.82, 2.24) is 9.13 Å². The first kappa shape index (κ1) is 42.6. The SMILES string of the molecule is Bc1c(B)c(B)c2c(c1B)c1c(B)c(-c3ccc4c(c3)c3c(-c5cccc(-c6ccccc6)c5)cccc3n4-c3cccc(-c4ccccc4)c3)c(B)c(B)c1n2-c1ccc(-c2ccccc2)cc1. The Labute approximate surface area is 410 Å². The average Bonchev–Trinajstić information content (AvgIpc) is 3.94. The van der Waals surface area contributed by atoms with Crippen molar-refractivity contribution in [1.29, 1.82) is 0 Å². The van der Waals surface area contributed by atoms with E-state index in [-0.39, 0.29) is 0 Å². The molecular weight excluding hydrogens is 824 g/mol. The van der Waals surface area contributed by atoms with Crippen molar-refractivity contribution >= 4 is 137 Å². The van der Waals surface area contributed by atoms with Crippen molar-refractivity contribution < 1.29 is 0 Å². The first-order chi connectivity index (χ1) is 33.7. The fourth-order valence-electron chi connectivity index (χ4n) is 11.5. The van der Waals surface area contributed by atoms with Gasteiger partial charge in [0, 0.05) is 38.6 Å². The molecule has 2 heterocycles. The maximum Gasteiger partial charge on any atom is 0.141 e. The normalized spacial score (nSPS) is 11.6. The van der Waals surface area contributed by atoms with E-state index in [9.17, 15) is 0 Å². The van der Waals surface area contributed by atoms with E-state index in [1.165, 1.54) is 143 Å². The second-order valence-electron chi connectivity index (χ2n) is 19.1. The van der Waals surface area contributed by atoms with Gasteiger partial charge in [-0.15, -0.1) is 5.46 Å². The van der Waals surface area contributed by atoms with Gasteiger partial charge in [0.25, 0.3) is 0 Å². The predicted molar refractivity (Wildman–Crippen MR) is 320 cm³/mol. The van der Waals surface area contributed by atoms with Crippen LogP contribution in [-0.2, 0) is 0 Å². The van der Waals surface area contributed by atoms with Gasteiger partial charge in [-0.2, -0.15) is 0 Å². The monoisotopic (exact) mass is 872 g/mol. The summed E-state index contributed by atoms with van der Waals surface area (Å²) < 4.78 is 5.05. The Morgan fingerprint density at radius 1 is 0.261 bits per heavy atom. The van der Waals surface area contributed by atoms with Crippen LogP contribution < -0.4 is 38.2 Å². The molecule has 0 aliphatic carbocycles. The van der Waals surface area contributed by atoms with Crippen molar-refractivity contribution in [3.8, 4) is 67.0 Å². The smallest absolute Gasteiger partial charge is 0.141 e. The molecule has 2 nitrogen and oxygen atoms in total. The van der Waals surface area contributed by atoms with Crippen molar-refractivity contribution in [2.24, 2.45) is 0 Å². The zero-order valence-electron chi connectivity index (χ0n) is 40.4. The number of aromatic nitrogens is 2. The third-order valence-electron chi connectivity index (χ3n) is 15.4. The van der Waals surface area contributed by atoms with E-state index in [2.05, 4.69) is 264 Å². The van der Waals surface area contributed by atoms with Crippen LogP contribution in [0.25, 0.3) is 111 Å². The van der Waals surface area contributed by atoms with Crippen molar-refractivity contribution in [2.45, 2.75) is 0 Å². The predicted octanol–water partition coefficient (Wildman–Crippen LogP) is 4.02. The second kappa shape index (κ2) is 16.8. The molecule has 0 aliphatic heterocycles. The minimum absolute atomic E-state index is 1.14. The highest BCUT2D eigenvalue weighted by atomic mass is 15.0. The molecule has 0 saturated heterocycles. The maximum absolute atomic E-state index is 2.57. The van der Waals surface area contributed by atoms with E-state index < -0.39 is 0 Å². The lowest BCUT2D eigenvalue weighted by molar-refractivity contribution is 1.18. The van der Waals surface area contributed by atoms with E-state index >= 15 is 0 Å². The fraction of sp³-hybridized carbons (Fsp3) is 0. The zero-order valence-corrected chi connectivity index (χ0v) is 40.4. The van der Waals surface area contributed by atoms with Crippen LogP contribution in [0.4, 0.5) is 0 Å². The Balaban J connectivity index is 1.13. The van der Waals surface area contributed by atoms with Gasteiger partial charge >= 0.3 is 0 Å². The summed E-state index contributed by atoms with van der Waals surface area (Å²) in [5.74, 6) is 0. The molecule has 0 aliphatic rings. The highest BCUT2D eigenvalue weighted by Crippen LogP contribution is 2.42. The van der Waals surface area contributed by atoms with Crippen LogP contribution in [0.3, 0.4) is 0 Å². The molecule has 0 spiro atoms. The zero-order chi connectivity index (χ0) is 47.1. The molecule has 0 saturated carbocycles. The van der Waals surface area contributed by atoms with Crippen molar-refractivity contribution in [2.75, 3.05) is 0 Å². The number of nitrogens with zero attached hydrogens (tertiary/aromatic N) is 2. The fourth-order valence-corrected chi connectivity index (χ4v) is 11.5. The van der Waals surface area contributed by atoms with Crippen LogP contribution >= 0.6 is 0 Å². The van der Waals surface area contributed by atoms with E-state index in [0.717, 1.165) is 5.69 Å². The van der Waals surface area contributed by atoms with Crippen molar-refractivity contribution in [3.63, 3.8) is 0 Å². The number of hydrogen-bond donors (Lipinski definition) is 0. The summed E-state index contributed by atoms with van der Waals surface area (Å²) in [6.07, 6.45) is 0. The minimum Gasteiger partial charge on any atom is -0.310 e. The Morgan fingerprint density at radius 2 is 0.754 bits per heavy atom. The van der Waals surface area contributed by atoms with E-state index in [1.807, 2.05) is 0 Å². The summed E-state index contributed by atoms with van der Waals surface area (Å²) >= 11 is 0. The number of rotatable bonds is 7. The van der Waals surface area contributed by atoms with Crippen molar-refractivity contribution in [3.05, 3.63) is 200 Å². The van der Waals surface area contributed by atoms with Gasteiger partial charge in [0.05, 0.1) is 11.0 Å². The lowest BCUT2D eigenvalue weighted by Crippen LogP contribution is -2.48. The molecule has 0 bridgehead atoms. The lowest BCUT2D eigenvalue weighted by atomic mass is 9.64. The Morgan fingerprint density at radius 3 is 1.41 bits per heavy atom. The Hall–Kier alpha value is -7.75. The number of benzene rings is 10. The lowest BCUT2D eigenvalue weighted by Gasteiger charge is -2.19. The molecule has 0 amide bonds. The standard InChI is InChI=1S/C60H47B7N2/c61-52-48(53(62)57(66)59-50(52)51-54(63)55(64)56(65)58(67)60(51)69(59)42-28-25-37(26-29-42)34-13-4-1-5-14-34)41-27-30-46-45(33-41)49-44(40-21-10-19-38(31-40)35-15-6-2-7-16-35)23-12-24-47(49)68(46)43-22-11-20-39(32-43)36-17-8-3-9-18-36/h1-33H,61-67H2. The highest BCUT2D eigenvalue weighted by molar-refractivity contribution is 6.69. The van der Waals surface area contributed by atoms with Gasteiger partial charge in [-0.25, -0.2) is 0 Å². The van der Waals surface area contributed by atoms with Crippen LogP contribution in [0, 0.1) is 0 Å². The van der Waals surface area contributed by atoms with Gasteiger partial charge in [-0.05, 0) is 110 Å².